The molecule has 1 heterocycles. The van der Waals surface area contributed by atoms with E-state index in [-0.39, 0.29) is 13.2 Å². The van der Waals surface area contributed by atoms with Crippen LogP contribution in [0.4, 0.5) is 0 Å². The SMILES string of the molecule is OC1(COCc2ccccc2)OC(COCc2ccccc2)C(OCc2ccccc2)C1OCc1ccccc1. The fraction of sp³-hybridized carbons (Fsp3) is 0.294. The zero-order chi connectivity index (χ0) is 27.5. The molecule has 1 N–H and O–H groups in total. The maximum atomic E-state index is 11.9. The van der Waals surface area contributed by atoms with Gasteiger partial charge in [0.15, 0.2) is 0 Å². The standard InChI is InChI=1S/C34H36O6/c35-34(26-37-22-28-15-7-2-8-16-28)33(39-24-30-19-11-4-12-20-30)32(38-23-29-17-9-3-10-18-29)31(40-34)25-36-21-27-13-5-1-6-14-27/h1-20,31-33,35H,21-26H2. The van der Waals surface area contributed by atoms with Crippen LogP contribution < -0.4 is 0 Å². The molecule has 0 bridgehead atoms. The van der Waals surface area contributed by atoms with Gasteiger partial charge in [-0.3, -0.25) is 0 Å². The first-order valence-corrected chi connectivity index (χ1v) is 13.6. The van der Waals surface area contributed by atoms with Crippen molar-refractivity contribution in [2.24, 2.45) is 0 Å². The van der Waals surface area contributed by atoms with Gasteiger partial charge in [0.25, 0.3) is 0 Å². The molecule has 6 nitrogen and oxygen atoms in total. The molecule has 4 aromatic rings. The first kappa shape index (κ1) is 28.2. The molecule has 4 atom stereocenters. The molecule has 0 aliphatic carbocycles. The summed E-state index contributed by atoms with van der Waals surface area (Å²) in [5.41, 5.74) is 4.07. The number of hydrogen-bond acceptors (Lipinski definition) is 6. The Morgan fingerprint density at radius 1 is 0.550 bits per heavy atom. The lowest BCUT2D eigenvalue weighted by Crippen LogP contribution is -2.49. The summed E-state index contributed by atoms with van der Waals surface area (Å²) in [6.07, 6.45) is -1.97. The van der Waals surface area contributed by atoms with Crippen LogP contribution in [0.3, 0.4) is 0 Å². The second kappa shape index (κ2) is 14.3. The van der Waals surface area contributed by atoms with Gasteiger partial charge in [0, 0.05) is 0 Å². The molecular formula is C34H36O6. The van der Waals surface area contributed by atoms with E-state index in [1.165, 1.54) is 0 Å². The van der Waals surface area contributed by atoms with Crippen LogP contribution in [0.5, 0.6) is 0 Å². The van der Waals surface area contributed by atoms with Gasteiger partial charge in [-0.15, -0.1) is 0 Å². The van der Waals surface area contributed by atoms with Crippen molar-refractivity contribution >= 4 is 0 Å². The van der Waals surface area contributed by atoms with E-state index in [1.54, 1.807) is 0 Å². The summed E-state index contributed by atoms with van der Waals surface area (Å²) in [5.74, 6) is -1.73. The van der Waals surface area contributed by atoms with Crippen molar-refractivity contribution in [1.29, 1.82) is 0 Å². The van der Waals surface area contributed by atoms with Gasteiger partial charge in [-0.05, 0) is 22.3 Å². The maximum Gasteiger partial charge on any atom is 0.219 e. The lowest BCUT2D eigenvalue weighted by atomic mass is 10.0. The van der Waals surface area contributed by atoms with E-state index in [9.17, 15) is 5.11 Å². The number of ether oxygens (including phenoxy) is 5. The van der Waals surface area contributed by atoms with E-state index in [0.29, 0.717) is 26.4 Å². The molecule has 1 aliphatic rings. The first-order valence-electron chi connectivity index (χ1n) is 13.6. The van der Waals surface area contributed by atoms with Gasteiger partial charge in [0.05, 0.1) is 33.0 Å². The Balaban J connectivity index is 1.33. The van der Waals surface area contributed by atoms with Crippen LogP contribution in [0.25, 0.3) is 0 Å². The summed E-state index contributed by atoms with van der Waals surface area (Å²) in [5, 5.41) is 11.9. The highest BCUT2D eigenvalue weighted by atomic mass is 16.7. The molecule has 0 amide bonds. The Morgan fingerprint density at radius 3 is 1.48 bits per heavy atom. The largest absolute Gasteiger partial charge is 0.374 e. The number of rotatable bonds is 14. The summed E-state index contributed by atoms with van der Waals surface area (Å²) in [4.78, 5) is 0. The number of hydrogen-bond donors (Lipinski definition) is 1. The summed E-state index contributed by atoms with van der Waals surface area (Å²) in [6, 6.07) is 39.6. The van der Waals surface area contributed by atoms with Crippen LogP contribution in [0, 0.1) is 0 Å². The van der Waals surface area contributed by atoms with Crippen LogP contribution in [0.2, 0.25) is 0 Å². The molecule has 208 valence electrons. The Morgan fingerprint density at radius 2 is 0.975 bits per heavy atom. The van der Waals surface area contributed by atoms with E-state index in [1.807, 2.05) is 121 Å². The third-order valence-corrected chi connectivity index (χ3v) is 6.84. The van der Waals surface area contributed by atoms with Crippen molar-refractivity contribution in [3.8, 4) is 0 Å². The molecule has 1 aliphatic heterocycles. The fourth-order valence-electron chi connectivity index (χ4n) is 4.80. The minimum atomic E-state index is -1.73. The molecule has 0 saturated carbocycles. The average Bonchev–Trinajstić information content (AvgIpc) is 3.27. The molecule has 1 saturated heterocycles. The van der Waals surface area contributed by atoms with Gasteiger partial charge in [0.1, 0.15) is 24.9 Å². The monoisotopic (exact) mass is 540 g/mol. The van der Waals surface area contributed by atoms with E-state index >= 15 is 0 Å². The third-order valence-electron chi connectivity index (χ3n) is 6.84. The molecule has 4 unspecified atom stereocenters. The summed E-state index contributed by atoms with van der Waals surface area (Å²) in [7, 11) is 0. The highest BCUT2D eigenvalue weighted by molar-refractivity contribution is 5.16. The van der Waals surface area contributed by atoms with Gasteiger partial charge in [0.2, 0.25) is 5.79 Å². The highest BCUT2D eigenvalue weighted by Crippen LogP contribution is 2.36. The lowest BCUT2D eigenvalue weighted by Gasteiger charge is -2.30. The summed E-state index contributed by atoms with van der Waals surface area (Å²) in [6.45, 7) is 1.53. The van der Waals surface area contributed by atoms with Gasteiger partial charge in [-0.25, -0.2) is 0 Å². The fourth-order valence-corrected chi connectivity index (χ4v) is 4.80. The predicted molar refractivity (Wildman–Crippen MR) is 152 cm³/mol. The average molecular weight is 541 g/mol. The summed E-state index contributed by atoms with van der Waals surface area (Å²) >= 11 is 0. The summed E-state index contributed by atoms with van der Waals surface area (Å²) < 4.78 is 31.1. The molecule has 0 spiro atoms. The van der Waals surface area contributed by atoms with E-state index in [0.717, 1.165) is 22.3 Å². The highest BCUT2D eigenvalue weighted by Gasteiger charge is 2.56. The molecule has 6 heteroatoms. The van der Waals surface area contributed by atoms with E-state index in [4.69, 9.17) is 23.7 Å². The first-order chi connectivity index (χ1) is 19.7. The molecule has 0 aromatic heterocycles. The quantitative estimate of drug-likeness (QED) is 0.222. The predicted octanol–water partition coefficient (Wildman–Crippen LogP) is 5.68. The minimum absolute atomic E-state index is 0.0816. The van der Waals surface area contributed by atoms with Crippen molar-refractivity contribution in [2.75, 3.05) is 13.2 Å². The van der Waals surface area contributed by atoms with E-state index < -0.39 is 24.1 Å². The molecule has 40 heavy (non-hydrogen) atoms. The normalized spacial score (nSPS) is 22.4. The molecule has 5 rings (SSSR count). The van der Waals surface area contributed by atoms with Crippen LogP contribution in [-0.4, -0.2) is 42.4 Å². The molecule has 4 aromatic carbocycles. The van der Waals surface area contributed by atoms with Gasteiger partial charge in [-0.1, -0.05) is 121 Å². The van der Waals surface area contributed by atoms with Crippen LogP contribution in [-0.2, 0) is 50.1 Å². The van der Waals surface area contributed by atoms with Gasteiger partial charge < -0.3 is 28.8 Å². The number of aliphatic hydroxyl groups is 1. The second-order valence-corrected chi connectivity index (χ2v) is 9.96. The topological polar surface area (TPSA) is 66.4 Å². The molecular weight excluding hydrogens is 504 g/mol. The van der Waals surface area contributed by atoms with Crippen LogP contribution in [0.15, 0.2) is 121 Å². The Hall–Kier alpha value is -3.36. The van der Waals surface area contributed by atoms with Crippen molar-refractivity contribution in [3.63, 3.8) is 0 Å². The van der Waals surface area contributed by atoms with E-state index in [2.05, 4.69) is 0 Å². The zero-order valence-electron chi connectivity index (χ0n) is 22.5. The third kappa shape index (κ3) is 7.86. The van der Waals surface area contributed by atoms with Crippen molar-refractivity contribution in [1.82, 2.24) is 0 Å². The van der Waals surface area contributed by atoms with Crippen molar-refractivity contribution < 1.29 is 28.8 Å². The maximum absolute atomic E-state index is 11.9. The van der Waals surface area contributed by atoms with Crippen LogP contribution >= 0.6 is 0 Å². The van der Waals surface area contributed by atoms with Crippen LogP contribution in [0.1, 0.15) is 22.3 Å². The Kier molecular flexibility index (Phi) is 10.1. The van der Waals surface area contributed by atoms with Crippen molar-refractivity contribution in [2.45, 2.75) is 50.5 Å². The molecule has 1 fully saturated rings. The van der Waals surface area contributed by atoms with Gasteiger partial charge >= 0.3 is 0 Å². The Bertz CT molecular complexity index is 1250. The zero-order valence-corrected chi connectivity index (χ0v) is 22.5. The smallest absolute Gasteiger partial charge is 0.219 e. The molecule has 0 radical (unpaired) electrons. The lowest BCUT2D eigenvalue weighted by molar-refractivity contribution is -0.267. The van der Waals surface area contributed by atoms with Crippen molar-refractivity contribution in [3.05, 3.63) is 144 Å². The second-order valence-electron chi connectivity index (χ2n) is 9.96. The minimum Gasteiger partial charge on any atom is -0.374 e. The number of benzene rings is 4. The Labute approximate surface area is 236 Å². The van der Waals surface area contributed by atoms with Gasteiger partial charge in [-0.2, -0.15) is 0 Å².